The Morgan fingerprint density at radius 3 is 2.33 bits per heavy atom. The molecule has 0 aromatic heterocycles. The van der Waals surface area contributed by atoms with Gasteiger partial charge in [-0.15, -0.1) is 0 Å². The molecule has 0 fully saturated rings. The molecule has 2 N–H and O–H groups in total. The Hall–Kier alpha value is -3.22. The summed E-state index contributed by atoms with van der Waals surface area (Å²) in [5.74, 6) is 0.922. The molecule has 0 aliphatic rings. The Labute approximate surface area is 158 Å². The molecule has 0 spiro atoms. The number of amides is 2. The zero-order valence-electron chi connectivity index (χ0n) is 15.9. The lowest BCUT2D eigenvalue weighted by Gasteiger charge is -2.15. The topological polar surface area (TPSA) is 85.9 Å². The Morgan fingerprint density at radius 2 is 1.70 bits per heavy atom. The van der Waals surface area contributed by atoms with E-state index in [1.807, 2.05) is 13.8 Å². The molecule has 0 unspecified atom stereocenters. The quantitative estimate of drug-likeness (QED) is 0.730. The van der Waals surface area contributed by atoms with Gasteiger partial charge in [0.2, 0.25) is 0 Å². The fraction of sp³-hybridized carbons (Fsp3) is 0.300. The summed E-state index contributed by atoms with van der Waals surface area (Å²) in [6.07, 6.45) is -0.796. The number of methoxy groups -OCH3 is 1. The molecule has 0 heterocycles. The van der Waals surface area contributed by atoms with E-state index >= 15 is 0 Å². The van der Waals surface area contributed by atoms with Gasteiger partial charge in [0.25, 0.3) is 11.8 Å². The first-order valence-electron chi connectivity index (χ1n) is 8.59. The van der Waals surface area contributed by atoms with Crippen LogP contribution in [0.1, 0.15) is 29.8 Å². The summed E-state index contributed by atoms with van der Waals surface area (Å²) >= 11 is 0. The van der Waals surface area contributed by atoms with Gasteiger partial charge in [-0.05, 0) is 62.7 Å². The van der Waals surface area contributed by atoms with Gasteiger partial charge in [-0.25, -0.2) is 0 Å². The van der Waals surface area contributed by atoms with Crippen LogP contribution in [-0.2, 0) is 4.79 Å². The SMILES string of the molecule is CCOc1ccc(O[C@H](C)C(=O)NNC(=O)c2ccc(C)c(OC)c2)cc1. The number of aryl methyl sites for hydroxylation is 1. The number of hydrazine groups is 1. The predicted octanol–water partition coefficient (Wildman–Crippen LogP) is 2.63. The minimum Gasteiger partial charge on any atom is -0.496 e. The molecular weight excluding hydrogens is 348 g/mol. The summed E-state index contributed by atoms with van der Waals surface area (Å²) in [6, 6.07) is 12.0. The number of hydrogen-bond acceptors (Lipinski definition) is 5. The standard InChI is InChI=1S/C20H24N2O5/c1-5-26-16-8-10-17(11-9-16)27-14(3)19(23)21-22-20(24)15-7-6-13(2)18(12-15)25-4/h6-12,14H,5H2,1-4H3,(H,21,23)(H,22,24)/t14-/m1/s1. The molecule has 1 atom stereocenters. The van der Waals surface area contributed by atoms with E-state index in [-0.39, 0.29) is 0 Å². The molecule has 2 rings (SSSR count). The Balaban J connectivity index is 1.87. The van der Waals surface area contributed by atoms with Crippen molar-refractivity contribution in [2.75, 3.05) is 13.7 Å². The van der Waals surface area contributed by atoms with Gasteiger partial charge in [-0.1, -0.05) is 6.07 Å². The van der Waals surface area contributed by atoms with E-state index in [9.17, 15) is 9.59 Å². The fourth-order valence-corrected chi connectivity index (χ4v) is 2.29. The van der Waals surface area contributed by atoms with Crippen LogP contribution in [0.4, 0.5) is 0 Å². The van der Waals surface area contributed by atoms with E-state index in [1.165, 1.54) is 7.11 Å². The fourth-order valence-electron chi connectivity index (χ4n) is 2.29. The summed E-state index contributed by atoms with van der Waals surface area (Å²) in [7, 11) is 1.53. The highest BCUT2D eigenvalue weighted by atomic mass is 16.5. The van der Waals surface area contributed by atoms with Crippen molar-refractivity contribution in [1.82, 2.24) is 10.9 Å². The number of rotatable bonds is 7. The first-order valence-corrected chi connectivity index (χ1v) is 8.59. The van der Waals surface area contributed by atoms with E-state index in [4.69, 9.17) is 14.2 Å². The number of nitrogens with one attached hydrogen (secondary N) is 2. The third kappa shape index (κ3) is 5.64. The van der Waals surface area contributed by atoms with E-state index < -0.39 is 17.9 Å². The Bertz CT molecular complexity index is 789. The van der Waals surface area contributed by atoms with Crippen LogP contribution in [0.2, 0.25) is 0 Å². The van der Waals surface area contributed by atoms with Gasteiger partial charge in [-0.2, -0.15) is 0 Å². The molecule has 0 aliphatic carbocycles. The van der Waals surface area contributed by atoms with Crippen LogP contribution in [0.15, 0.2) is 42.5 Å². The van der Waals surface area contributed by atoms with E-state index in [1.54, 1.807) is 49.4 Å². The molecular formula is C20H24N2O5. The van der Waals surface area contributed by atoms with Crippen LogP contribution >= 0.6 is 0 Å². The highest BCUT2D eigenvalue weighted by Gasteiger charge is 2.16. The van der Waals surface area contributed by atoms with Crippen molar-refractivity contribution in [3.8, 4) is 17.2 Å². The molecule has 144 valence electrons. The molecule has 0 aliphatic heterocycles. The maximum atomic E-state index is 12.2. The van der Waals surface area contributed by atoms with Crippen molar-refractivity contribution in [3.05, 3.63) is 53.6 Å². The zero-order chi connectivity index (χ0) is 19.8. The van der Waals surface area contributed by atoms with Crippen LogP contribution in [-0.4, -0.2) is 31.6 Å². The summed E-state index contributed by atoms with van der Waals surface area (Å²) in [6.45, 7) is 5.94. The van der Waals surface area contributed by atoms with Crippen molar-refractivity contribution < 1.29 is 23.8 Å². The number of benzene rings is 2. The van der Waals surface area contributed by atoms with Crippen LogP contribution in [0, 0.1) is 6.92 Å². The van der Waals surface area contributed by atoms with Gasteiger partial charge in [0.15, 0.2) is 6.10 Å². The van der Waals surface area contributed by atoms with Gasteiger partial charge in [0.1, 0.15) is 17.2 Å². The molecule has 0 radical (unpaired) electrons. The van der Waals surface area contributed by atoms with Crippen LogP contribution in [0.3, 0.4) is 0 Å². The van der Waals surface area contributed by atoms with Crippen LogP contribution in [0.5, 0.6) is 17.2 Å². The maximum absolute atomic E-state index is 12.2. The number of carbonyl (C=O) groups excluding carboxylic acids is 2. The molecule has 2 aromatic carbocycles. The van der Waals surface area contributed by atoms with Crippen molar-refractivity contribution in [3.63, 3.8) is 0 Å². The second kappa shape index (κ2) is 9.47. The van der Waals surface area contributed by atoms with Crippen molar-refractivity contribution >= 4 is 11.8 Å². The molecule has 2 amide bonds. The molecule has 0 saturated heterocycles. The zero-order valence-corrected chi connectivity index (χ0v) is 15.9. The van der Waals surface area contributed by atoms with E-state index in [0.29, 0.717) is 23.7 Å². The average molecular weight is 372 g/mol. The maximum Gasteiger partial charge on any atom is 0.279 e. The van der Waals surface area contributed by atoms with E-state index in [0.717, 1.165) is 11.3 Å². The molecule has 7 nitrogen and oxygen atoms in total. The Kier molecular flexibility index (Phi) is 7.05. The van der Waals surface area contributed by atoms with Gasteiger partial charge in [0.05, 0.1) is 13.7 Å². The smallest absolute Gasteiger partial charge is 0.279 e. The lowest BCUT2D eigenvalue weighted by molar-refractivity contribution is -0.128. The molecule has 27 heavy (non-hydrogen) atoms. The summed E-state index contributed by atoms with van der Waals surface area (Å²) in [4.78, 5) is 24.3. The second-order valence-electron chi connectivity index (χ2n) is 5.79. The number of hydrogen-bond donors (Lipinski definition) is 2. The normalized spacial score (nSPS) is 11.3. The lowest BCUT2D eigenvalue weighted by Crippen LogP contribution is -2.47. The molecule has 0 saturated carbocycles. The lowest BCUT2D eigenvalue weighted by atomic mass is 10.1. The summed E-state index contributed by atoms with van der Waals surface area (Å²) in [5, 5.41) is 0. The monoisotopic (exact) mass is 372 g/mol. The van der Waals surface area contributed by atoms with Gasteiger partial charge in [0, 0.05) is 5.56 Å². The van der Waals surface area contributed by atoms with Crippen molar-refractivity contribution in [2.24, 2.45) is 0 Å². The van der Waals surface area contributed by atoms with Crippen LogP contribution in [0.25, 0.3) is 0 Å². The highest BCUT2D eigenvalue weighted by Crippen LogP contribution is 2.19. The predicted molar refractivity (Wildman–Crippen MR) is 101 cm³/mol. The minimum atomic E-state index is -0.796. The number of ether oxygens (including phenoxy) is 3. The third-order valence-corrected chi connectivity index (χ3v) is 3.79. The van der Waals surface area contributed by atoms with Gasteiger partial charge in [-0.3, -0.25) is 20.4 Å². The summed E-state index contributed by atoms with van der Waals surface area (Å²) in [5.41, 5.74) is 6.01. The third-order valence-electron chi connectivity index (χ3n) is 3.79. The average Bonchev–Trinajstić information content (AvgIpc) is 2.67. The molecule has 7 heteroatoms. The molecule has 0 bridgehead atoms. The van der Waals surface area contributed by atoms with Crippen molar-refractivity contribution in [2.45, 2.75) is 26.9 Å². The number of carbonyl (C=O) groups is 2. The second-order valence-corrected chi connectivity index (χ2v) is 5.79. The molecule has 2 aromatic rings. The van der Waals surface area contributed by atoms with Crippen molar-refractivity contribution in [1.29, 1.82) is 0 Å². The van der Waals surface area contributed by atoms with Gasteiger partial charge < -0.3 is 14.2 Å². The first-order chi connectivity index (χ1) is 12.9. The minimum absolute atomic E-state index is 0.373. The Morgan fingerprint density at radius 1 is 1.04 bits per heavy atom. The largest absolute Gasteiger partial charge is 0.496 e. The van der Waals surface area contributed by atoms with Gasteiger partial charge >= 0.3 is 0 Å². The highest BCUT2D eigenvalue weighted by molar-refractivity contribution is 5.96. The first kappa shape index (κ1) is 20.1. The summed E-state index contributed by atoms with van der Waals surface area (Å²) < 4.78 is 16.1. The van der Waals surface area contributed by atoms with Crippen LogP contribution < -0.4 is 25.1 Å². The van der Waals surface area contributed by atoms with E-state index in [2.05, 4.69) is 10.9 Å².